The Morgan fingerprint density at radius 1 is 1.53 bits per heavy atom. The summed E-state index contributed by atoms with van der Waals surface area (Å²) in [6.07, 6.45) is 1.34. The Morgan fingerprint density at radius 2 is 2.12 bits per heavy atom. The molecule has 2 atom stereocenters. The Kier molecular flexibility index (Phi) is 4.20. The molecule has 1 saturated heterocycles. The molecule has 1 rings (SSSR count). The zero-order valence-corrected chi connectivity index (χ0v) is 11.4. The van der Waals surface area contributed by atoms with Gasteiger partial charge in [-0.15, -0.1) is 0 Å². The topological polar surface area (TPSA) is 60.8 Å². The second kappa shape index (κ2) is 4.94. The summed E-state index contributed by atoms with van der Waals surface area (Å²) in [5, 5.41) is 19.5. The van der Waals surface area contributed by atoms with Crippen LogP contribution in [-0.2, 0) is 4.79 Å². The molecule has 0 aromatic rings. The molecule has 0 saturated carbocycles. The predicted octanol–water partition coefficient (Wildman–Crippen LogP) is 1.58. The van der Waals surface area contributed by atoms with Gasteiger partial charge in [0.15, 0.2) is 0 Å². The normalized spacial score (nSPS) is 29.5. The fourth-order valence-corrected chi connectivity index (χ4v) is 2.34. The molecule has 17 heavy (non-hydrogen) atoms. The summed E-state index contributed by atoms with van der Waals surface area (Å²) in [5.74, 6) is -0.532. The Hall–Kier alpha value is -0.610. The van der Waals surface area contributed by atoms with Gasteiger partial charge in [0, 0.05) is 13.1 Å². The molecule has 2 N–H and O–H groups in total. The molecule has 2 unspecified atom stereocenters. The summed E-state index contributed by atoms with van der Waals surface area (Å²) < 4.78 is 0. The first kappa shape index (κ1) is 14.5. The molecule has 1 aliphatic rings. The van der Waals surface area contributed by atoms with Crippen molar-refractivity contribution in [2.24, 2.45) is 11.3 Å². The number of rotatable bonds is 5. The number of hydrogen-bond donors (Lipinski definition) is 2. The minimum absolute atomic E-state index is 0.170. The lowest BCUT2D eigenvalue weighted by atomic mass is 9.84. The zero-order valence-electron chi connectivity index (χ0n) is 11.4. The van der Waals surface area contributed by atoms with Gasteiger partial charge in [0.2, 0.25) is 0 Å². The van der Waals surface area contributed by atoms with E-state index in [-0.39, 0.29) is 5.92 Å². The SMILES string of the molecule is CCC1(C(=O)O)CCN(CC(C)(O)C(C)C)C1. The Labute approximate surface area is 104 Å². The average molecular weight is 243 g/mol. The predicted molar refractivity (Wildman–Crippen MR) is 66.9 cm³/mol. The molecule has 0 aliphatic carbocycles. The van der Waals surface area contributed by atoms with E-state index in [0.29, 0.717) is 25.9 Å². The quantitative estimate of drug-likeness (QED) is 0.769. The van der Waals surface area contributed by atoms with Crippen molar-refractivity contribution in [2.75, 3.05) is 19.6 Å². The molecule has 0 amide bonds. The van der Waals surface area contributed by atoms with E-state index in [1.165, 1.54) is 0 Å². The first-order chi connectivity index (χ1) is 7.73. The van der Waals surface area contributed by atoms with Crippen molar-refractivity contribution < 1.29 is 15.0 Å². The number of carboxylic acids is 1. The highest BCUT2D eigenvalue weighted by Crippen LogP contribution is 2.35. The number of carboxylic acid groups (broad SMARTS) is 1. The van der Waals surface area contributed by atoms with Gasteiger partial charge in [-0.1, -0.05) is 20.8 Å². The van der Waals surface area contributed by atoms with E-state index < -0.39 is 17.0 Å². The molecule has 0 radical (unpaired) electrons. The van der Waals surface area contributed by atoms with E-state index >= 15 is 0 Å². The number of hydrogen-bond acceptors (Lipinski definition) is 3. The second-order valence-corrected chi connectivity index (χ2v) is 5.91. The first-order valence-electron chi connectivity index (χ1n) is 6.41. The van der Waals surface area contributed by atoms with Crippen LogP contribution in [0, 0.1) is 11.3 Å². The maximum atomic E-state index is 11.3. The van der Waals surface area contributed by atoms with E-state index in [9.17, 15) is 15.0 Å². The van der Waals surface area contributed by atoms with Gasteiger partial charge in [-0.05, 0) is 32.2 Å². The van der Waals surface area contributed by atoms with E-state index in [2.05, 4.69) is 4.90 Å². The summed E-state index contributed by atoms with van der Waals surface area (Å²) in [6.45, 7) is 9.60. The van der Waals surface area contributed by atoms with Crippen LogP contribution in [0.25, 0.3) is 0 Å². The van der Waals surface area contributed by atoms with Crippen molar-refractivity contribution >= 4 is 5.97 Å². The fraction of sp³-hybridized carbons (Fsp3) is 0.923. The van der Waals surface area contributed by atoms with Gasteiger partial charge < -0.3 is 10.2 Å². The largest absolute Gasteiger partial charge is 0.481 e. The molecule has 0 aromatic heterocycles. The Balaban J connectivity index is 2.65. The minimum Gasteiger partial charge on any atom is -0.481 e. The Bertz CT molecular complexity index is 288. The number of nitrogens with zero attached hydrogens (tertiary/aromatic N) is 1. The van der Waals surface area contributed by atoms with Gasteiger partial charge in [-0.2, -0.15) is 0 Å². The van der Waals surface area contributed by atoms with Crippen LogP contribution >= 0.6 is 0 Å². The Morgan fingerprint density at radius 3 is 2.47 bits per heavy atom. The number of likely N-dealkylation sites (tertiary alicyclic amines) is 1. The van der Waals surface area contributed by atoms with Gasteiger partial charge in [-0.25, -0.2) is 0 Å². The van der Waals surface area contributed by atoms with Crippen molar-refractivity contribution in [3.05, 3.63) is 0 Å². The third-order valence-electron chi connectivity index (χ3n) is 4.35. The lowest BCUT2D eigenvalue weighted by Gasteiger charge is -2.33. The molecule has 0 spiro atoms. The van der Waals surface area contributed by atoms with E-state index in [1.807, 2.05) is 27.7 Å². The molecule has 100 valence electrons. The molecule has 0 aromatic carbocycles. The molecule has 4 nitrogen and oxygen atoms in total. The van der Waals surface area contributed by atoms with Gasteiger partial charge in [0.25, 0.3) is 0 Å². The van der Waals surface area contributed by atoms with Crippen molar-refractivity contribution in [3.8, 4) is 0 Å². The maximum absolute atomic E-state index is 11.3. The van der Waals surface area contributed by atoms with Crippen LogP contribution in [0.15, 0.2) is 0 Å². The fourth-order valence-electron chi connectivity index (χ4n) is 2.34. The van der Waals surface area contributed by atoms with Gasteiger partial charge in [-0.3, -0.25) is 9.69 Å². The smallest absolute Gasteiger partial charge is 0.310 e. The second-order valence-electron chi connectivity index (χ2n) is 5.91. The summed E-state index contributed by atoms with van der Waals surface area (Å²) >= 11 is 0. The minimum atomic E-state index is -0.748. The van der Waals surface area contributed by atoms with E-state index in [0.717, 1.165) is 6.54 Å². The molecular formula is C13H25NO3. The van der Waals surface area contributed by atoms with Crippen LogP contribution < -0.4 is 0 Å². The maximum Gasteiger partial charge on any atom is 0.310 e. The van der Waals surface area contributed by atoms with Crippen molar-refractivity contribution in [3.63, 3.8) is 0 Å². The highest BCUT2D eigenvalue weighted by molar-refractivity contribution is 5.75. The van der Waals surface area contributed by atoms with Crippen LogP contribution in [0.3, 0.4) is 0 Å². The van der Waals surface area contributed by atoms with Crippen molar-refractivity contribution in [2.45, 2.75) is 46.1 Å². The van der Waals surface area contributed by atoms with E-state index in [1.54, 1.807) is 0 Å². The summed E-state index contributed by atoms with van der Waals surface area (Å²) in [4.78, 5) is 13.4. The molecule has 1 heterocycles. The average Bonchev–Trinajstić information content (AvgIpc) is 2.61. The number of β-amino-alcohol motifs (C(OH)–C–C–N with tert-alkyl or cyclic N) is 1. The summed E-state index contributed by atoms with van der Waals surface area (Å²) in [6, 6.07) is 0. The van der Waals surface area contributed by atoms with Gasteiger partial charge in [0.05, 0.1) is 11.0 Å². The first-order valence-corrected chi connectivity index (χ1v) is 6.41. The number of carbonyl (C=O) groups is 1. The van der Waals surface area contributed by atoms with Crippen molar-refractivity contribution in [1.82, 2.24) is 4.90 Å². The lowest BCUT2D eigenvalue weighted by Crippen LogP contribution is -2.45. The van der Waals surface area contributed by atoms with Gasteiger partial charge >= 0.3 is 5.97 Å². The summed E-state index contributed by atoms with van der Waals surface area (Å²) in [5.41, 5.74) is -1.35. The molecule has 4 heteroatoms. The van der Waals surface area contributed by atoms with Crippen LogP contribution in [0.4, 0.5) is 0 Å². The third-order valence-corrected chi connectivity index (χ3v) is 4.35. The standard InChI is InChI=1S/C13H25NO3/c1-5-13(11(15)16)6-7-14(9-13)8-12(4,17)10(2)3/h10,17H,5-9H2,1-4H3,(H,15,16). The zero-order chi connectivity index (χ0) is 13.3. The van der Waals surface area contributed by atoms with Crippen LogP contribution in [0.2, 0.25) is 0 Å². The number of aliphatic carboxylic acids is 1. The number of aliphatic hydroxyl groups is 1. The molecule has 1 fully saturated rings. The highest BCUT2D eigenvalue weighted by Gasteiger charge is 2.44. The molecule has 0 bridgehead atoms. The van der Waals surface area contributed by atoms with Gasteiger partial charge in [0.1, 0.15) is 0 Å². The highest BCUT2D eigenvalue weighted by atomic mass is 16.4. The van der Waals surface area contributed by atoms with E-state index in [4.69, 9.17) is 0 Å². The molecular weight excluding hydrogens is 218 g/mol. The van der Waals surface area contributed by atoms with Crippen LogP contribution in [0.5, 0.6) is 0 Å². The van der Waals surface area contributed by atoms with Crippen LogP contribution in [0.1, 0.15) is 40.5 Å². The molecule has 1 aliphatic heterocycles. The van der Waals surface area contributed by atoms with Crippen LogP contribution in [-0.4, -0.2) is 46.3 Å². The lowest BCUT2D eigenvalue weighted by molar-refractivity contribution is -0.148. The summed E-state index contributed by atoms with van der Waals surface area (Å²) in [7, 11) is 0. The van der Waals surface area contributed by atoms with Crippen molar-refractivity contribution in [1.29, 1.82) is 0 Å². The third kappa shape index (κ3) is 2.99. The monoisotopic (exact) mass is 243 g/mol.